The molecular weight excluding hydrogens is 413 g/mol. The maximum Gasteiger partial charge on any atom is 0.410 e. The predicted octanol–water partition coefficient (Wildman–Crippen LogP) is 3.53. The summed E-state index contributed by atoms with van der Waals surface area (Å²) in [6.07, 6.45) is -1.59. The largest absolute Gasteiger partial charge is 0.444 e. The number of ether oxygens (including phenoxy) is 1. The molecular formula is C20H27F3N6O2. The highest BCUT2D eigenvalue weighted by atomic mass is 19.4. The Morgan fingerprint density at radius 1 is 1.16 bits per heavy atom. The molecule has 2 saturated heterocycles. The molecule has 8 nitrogen and oxygen atoms in total. The van der Waals surface area contributed by atoms with Gasteiger partial charge in [-0.3, -0.25) is 4.68 Å². The number of aromatic nitrogens is 4. The number of anilines is 1. The number of alkyl halides is 3. The van der Waals surface area contributed by atoms with Gasteiger partial charge in [-0.25, -0.2) is 14.8 Å². The SMILES string of the molecule is Cc1nc(N2CCC3(CCN(C(=O)OC(C)(C)C)C3)C2)c2cn(CC(F)(F)F)nc2n1. The molecule has 4 heterocycles. The van der Waals surface area contributed by atoms with Crippen molar-refractivity contribution in [3.63, 3.8) is 0 Å². The van der Waals surface area contributed by atoms with E-state index in [1.165, 1.54) is 6.20 Å². The summed E-state index contributed by atoms with van der Waals surface area (Å²) in [5.74, 6) is 1.06. The van der Waals surface area contributed by atoms with Gasteiger partial charge in [-0.2, -0.15) is 18.3 Å². The van der Waals surface area contributed by atoms with E-state index in [0.29, 0.717) is 43.2 Å². The number of hydrogen-bond donors (Lipinski definition) is 0. The van der Waals surface area contributed by atoms with Crippen LogP contribution in [0.15, 0.2) is 6.20 Å². The summed E-state index contributed by atoms with van der Waals surface area (Å²) < 4.78 is 44.8. The van der Waals surface area contributed by atoms with E-state index in [1.807, 2.05) is 20.8 Å². The average molecular weight is 440 g/mol. The third kappa shape index (κ3) is 4.69. The number of carbonyl (C=O) groups is 1. The van der Waals surface area contributed by atoms with Gasteiger partial charge in [0.15, 0.2) is 5.65 Å². The van der Waals surface area contributed by atoms with E-state index in [2.05, 4.69) is 20.0 Å². The Morgan fingerprint density at radius 3 is 2.55 bits per heavy atom. The summed E-state index contributed by atoms with van der Waals surface area (Å²) in [5.41, 5.74) is -0.367. The summed E-state index contributed by atoms with van der Waals surface area (Å²) >= 11 is 0. The molecule has 2 aromatic rings. The van der Waals surface area contributed by atoms with Gasteiger partial charge in [0.25, 0.3) is 0 Å². The van der Waals surface area contributed by atoms with Crippen molar-refractivity contribution in [3.8, 4) is 0 Å². The molecule has 1 spiro atoms. The van der Waals surface area contributed by atoms with Gasteiger partial charge < -0.3 is 14.5 Å². The van der Waals surface area contributed by atoms with Crippen LogP contribution in [0.5, 0.6) is 0 Å². The Morgan fingerprint density at radius 2 is 1.87 bits per heavy atom. The molecule has 1 unspecified atom stereocenters. The van der Waals surface area contributed by atoms with Crippen LogP contribution in [0.2, 0.25) is 0 Å². The van der Waals surface area contributed by atoms with Crippen molar-refractivity contribution in [1.82, 2.24) is 24.6 Å². The number of fused-ring (bicyclic) bond motifs is 1. The molecule has 0 radical (unpaired) electrons. The smallest absolute Gasteiger partial charge is 0.410 e. The Balaban J connectivity index is 1.53. The Labute approximate surface area is 178 Å². The Bertz CT molecular complexity index is 999. The molecule has 0 N–H and O–H groups in total. The van der Waals surface area contributed by atoms with Gasteiger partial charge in [-0.1, -0.05) is 0 Å². The maximum atomic E-state index is 12.8. The summed E-state index contributed by atoms with van der Waals surface area (Å²) in [4.78, 5) is 25.0. The third-order valence-corrected chi connectivity index (χ3v) is 5.69. The molecule has 2 aliphatic rings. The quantitative estimate of drug-likeness (QED) is 0.711. The predicted molar refractivity (Wildman–Crippen MR) is 108 cm³/mol. The number of nitrogens with zero attached hydrogens (tertiary/aromatic N) is 6. The van der Waals surface area contributed by atoms with E-state index in [9.17, 15) is 18.0 Å². The number of hydrogen-bond acceptors (Lipinski definition) is 6. The van der Waals surface area contributed by atoms with Crippen LogP contribution in [0.4, 0.5) is 23.8 Å². The molecule has 0 aliphatic carbocycles. The summed E-state index contributed by atoms with van der Waals surface area (Å²) in [6, 6.07) is 0. The van der Waals surface area contributed by atoms with Gasteiger partial charge in [0.1, 0.15) is 23.8 Å². The number of aryl methyl sites for hydroxylation is 1. The van der Waals surface area contributed by atoms with Crippen LogP contribution in [-0.4, -0.2) is 68.7 Å². The van der Waals surface area contributed by atoms with E-state index < -0.39 is 18.3 Å². The second kappa shape index (κ2) is 7.23. The highest BCUT2D eigenvalue weighted by Crippen LogP contribution is 2.42. The molecule has 2 aliphatic heterocycles. The fraction of sp³-hybridized carbons (Fsp3) is 0.700. The van der Waals surface area contributed by atoms with Gasteiger partial charge >= 0.3 is 12.3 Å². The average Bonchev–Trinajstić information content (AvgIpc) is 3.30. The van der Waals surface area contributed by atoms with E-state index in [4.69, 9.17) is 4.74 Å². The first-order valence-electron chi connectivity index (χ1n) is 10.3. The normalized spacial score (nSPS) is 22.2. The van der Waals surface area contributed by atoms with Crippen LogP contribution >= 0.6 is 0 Å². The van der Waals surface area contributed by atoms with E-state index in [1.54, 1.807) is 11.8 Å². The first-order chi connectivity index (χ1) is 14.3. The highest BCUT2D eigenvalue weighted by Gasteiger charge is 2.46. The first kappa shape index (κ1) is 21.6. The Kier molecular flexibility index (Phi) is 5.05. The van der Waals surface area contributed by atoms with Crippen LogP contribution in [0.3, 0.4) is 0 Å². The lowest BCUT2D eigenvalue weighted by Crippen LogP contribution is -2.37. The minimum absolute atomic E-state index is 0.0793. The molecule has 1 amide bonds. The molecule has 11 heteroatoms. The van der Waals surface area contributed by atoms with Gasteiger partial charge in [-0.15, -0.1) is 0 Å². The molecule has 2 fully saturated rings. The highest BCUT2D eigenvalue weighted by molar-refractivity contribution is 5.86. The zero-order valence-electron chi connectivity index (χ0n) is 18.2. The van der Waals surface area contributed by atoms with Gasteiger partial charge in [0.2, 0.25) is 0 Å². The van der Waals surface area contributed by atoms with Gasteiger partial charge in [-0.05, 0) is 40.5 Å². The molecule has 4 rings (SSSR count). The lowest BCUT2D eigenvalue weighted by Gasteiger charge is -2.27. The second-order valence-electron chi connectivity index (χ2n) is 9.60. The zero-order chi connectivity index (χ0) is 22.6. The number of halogens is 3. The first-order valence-corrected chi connectivity index (χ1v) is 10.3. The third-order valence-electron chi connectivity index (χ3n) is 5.69. The fourth-order valence-electron chi connectivity index (χ4n) is 4.42. The van der Waals surface area contributed by atoms with Crippen molar-refractivity contribution < 1.29 is 22.7 Å². The maximum absolute atomic E-state index is 12.8. The van der Waals surface area contributed by atoms with Crippen LogP contribution in [0.1, 0.15) is 39.4 Å². The van der Waals surface area contributed by atoms with Crippen molar-refractivity contribution in [2.45, 2.75) is 58.9 Å². The summed E-state index contributed by atoms with van der Waals surface area (Å²) in [6.45, 7) is 8.67. The molecule has 31 heavy (non-hydrogen) atoms. The second-order valence-corrected chi connectivity index (χ2v) is 9.60. The lowest BCUT2D eigenvalue weighted by molar-refractivity contribution is -0.142. The molecule has 1 atom stereocenters. The Hall–Kier alpha value is -2.59. The number of rotatable bonds is 2. The van der Waals surface area contributed by atoms with Gasteiger partial charge in [0.05, 0.1) is 5.39 Å². The monoisotopic (exact) mass is 440 g/mol. The van der Waals surface area contributed by atoms with Crippen molar-refractivity contribution in [1.29, 1.82) is 0 Å². The van der Waals surface area contributed by atoms with Crippen LogP contribution in [-0.2, 0) is 11.3 Å². The van der Waals surface area contributed by atoms with Crippen LogP contribution in [0.25, 0.3) is 11.0 Å². The van der Waals surface area contributed by atoms with Crippen LogP contribution < -0.4 is 4.90 Å². The number of likely N-dealkylation sites (tertiary alicyclic amines) is 1. The standard InChI is InChI=1S/C20H27F3N6O2/c1-13-24-15-14(9-29(26-15)12-20(21,22)23)16(25-13)27-7-5-19(10-27)6-8-28(11-19)17(30)31-18(2,3)4/h9H,5-8,10-12H2,1-4H3. The van der Waals surface area contributed by atoms with Crippen molar-refractivity contribution in [3.05, 3.63) is 12.0 Å². The number of carbonyl (C=O) groups excluding carboxylic acids is 1. The molecule has 0 aromatic carbocycles. The molecule has 170 valence electrons. The lowest BCUT2D eigenvalue weighted by atomic mass is 9.86. The molecule has 2 aromatic heterocycles. The summed E-state index contributed by atoms with van der Waals surface area (Å²) in [7, 11) is 0. The minimum Gasteiger partial charge on any atom is -0.444 e. The molecule has 0 saturated carbocycles. The van der Waals surface area contributed by atoms with Crippen molar-refractivity contribution in [2.24, 2.45) is 5.41 Å². The van der Waals surface area contributed by atoms with E-state index >= 15 is 0 Å². The minimum atomic E-state index is -4.36. The topological polar surface area (TPSA) is 76.4 Å². The number of amides is 1. The van der Waals surface area contributed by atoms with Crippen molar-refractivity contribution >= 4 is 22.9 Å². The van der Waals surface area contributed by atoms with Gasteiger partial charge in [0, 0.05) is 37.8 Å². The van der Waals surface area contributed by atoms with Crippen LogP contribution in [0, 0.1) is 12.3 Å². The molecule has 0 bridgehead atoms. The van der Waals surface area contributed by atoms with Crippen molar-refractivity contribution in [2.75, 3.05) is 31.1 Å². The van der Waals surface area contributed by atoms with E-state index in [0.717, 1.165) is 17.5 Å². The van der Waals surface area contributed by atoms with E-state index in [-0.39, 0.29) is 17.2 Å². The summed E-state index contributed by atoms with van der Waals surface area (Å²) in [5, 5.41) is 4.51. The fourth-order valence-corrected chi connectivity index (χ4v) is 4.42. The zero-order valence-corrected chi connectivity index (χ0v) is 18.2.